The van der Waals surface area contributed by atoms with Crippen molar-refractivity contribution in [1.29, 1.82) is 0 Å². The summed E-state index contributed by atoms with van der Waals surface area (Å²) in [7, 11) is 0. The smallest absolute Gasteiger partial charge is 0.255 e. The molecule has 168 valence electrons. The molecule has 0 bridgehead atoms. The van der Waals surface area contributed by atoms with Crippen LogP contribution in [0.5, 0.6) is 17.2 Å². The Hall–Kier alpha value is -3.34. The third kappa shape index (κ3) is 3.15. The topological polar surface area (TPSA) is 158 Å². The van der Waals surface area contributed by atoms with Gasteiger partial charge >= 0.3 is 0 Å². The number of aliphatic hydroxyl groups excluding tert-OH is 3. The molecule has 2 aromatic carbocycles. The van der Waals surface area contributed by atoms with Crippen LogP contribution in [0.15, 0.2) is 36.4 Å². The van der Waals surface area contributed by atoms with Crippen LogP contribution in [0.3, 0.4) is 0 Å². The standard InChI is InChI=1S/C22H22N2O8/c25-12(6-9-4-2-1-3-5-9)23-15-13-10-7-11-21(32-8-31-11)17(26)14(10)22(30)24-16(13)19(28)20(29)18(15)27/h1-5,7,13,15-16,18-20,26-29H,6,8H2,(H,23,25)(H,24,30)/t13-,15?,16+,18-,19-,20+/m0/s1. The molecule has 10 heteroatoms. The van der Waals surface area contributed by atoms with Gasteiger partial charge in [-0.1, -0.05) is 30.3 Å². The van der Waals surface area contributed by atoms with Crippen LogP contribution in [0.4, 0.5) is 0 Å². The van der Waals surface area contributed by atoms with E-state index in [9.17, 15) is 30.0 Å². The summed E-state index contributed by atoms with van der Waals surface area (Å²) in [5.74, 6) is -2.12. The second-order valence-corrected chi connectivity index (χ2v) is 8.18. The van der Waals surface area contributed by atoms with Gasteiger partial charge in [0.2, 0.25) is 18.4 Å². The second-order valence-electron chi connectivity index (χ2n) is 8.18. The van der Waals surface area contributed by atoms with Crippen molar-refractivity contribution in [2.75, 3.05) is 6.79 Å². The summed E-state index contributed by atoms with van der Waals surface area (Å²) in [5.41, 5.74) is 0.940. The summed E-state index contributed by atoms with van der Waals surface area (Å²) in [4.78, 5) is 25.5. The van der Waals surface area contributed by atoms with E-state index in [1.807, 2.05) is 6.07 Å². The van der Waals surface area contributed by atoms with Crippen molar-refractivity contribution >= 4 is 11.8 Å². The van der Waals surface area contributed by atoms with Gasteiger partial charge in [0.15, 0.2) is 11.5 Å². The van der Waals surface area contributed by atoms with Gasteiger partial charge in [-0.2, -0.15) is 0 Å². The molecule has 0 spiro atoms. The lowest BCUT2D eigenvalue weighted by Crippen LogP contribution is -2.69. The van der Waals surface area contributed by atoms with Crippen LogP contribution in [0.25, 0.3) is 0 Å². The van der Waals surface area contributed by atoms with E-state index >= 15 is 0 Å². The van der Waals surface area contributed by atoms with Gasteiger partial charge in [-0.05, 0) is 17.2 Å². The van der Waals surface area contributed by atoms with E-state index in [4.69, 9.17) is 9.47 Å². The van der Waals surface area contributed by atoms with Gasteiger partial charge in [0.1, 0.15) is 18.3 Å². The Bertz CT molecular complexity index is 1080. The number of benzene rings is 2. The molecule has 2 aliphatic heterocycles. The first-order chi connectivity index (χ1) is 15.4. The highest BCUT2D eigenvalue weighted by molar-refractivity contribution is 6.01. The first-order valence-corrected chi connectivity index (χ1v) is 10.2. The second kappa shape index (κ2) is 7.66. The predicted octanol–water partition coefficient (Wildman–Crippen LogP) is -0.860. The normalized spacial score (nSPS) is 30.2. The summed E-state index contributed by atoms with van der Waals surface area (Å²) in [6.45, 7) is -0.136. The number of amides is 2. The lowest BCUT2D eigenvalue weighted by atomic mass is 9.68. The predicted molar refractivity (Wildman–Crippen MR) is 108 cm³/mol. The van der Waals surface area contributed by atoms with Crippen LogP contribution < -0.4 is 20.1 Å². The number of carbonyl (C=O) groups excluding carboxylic acids is 2. The van der Waals surface area contributed by atoms with Gasteiger partial charge in [0, 0.05) is 5.92 Å². The molecular weight excluding hydrogens is 420 g/mol. The van der Waals surface area contributed by atoms with Crippen LogP contribution in [-0.2, 0) is 11.2 Å². The Kier molecular flexibility index (Phi) is 4.92. The Morgan fingerprint density at radius 2 is 1.84 bits per heavy atom. The van der Waals surface area contributed by atoms with Crippen LogP contribution in [0.2, 0.25) is 0 Å². The van der Waals surface area contributed by atoms with Gasteiger partial charge in [0.05, 0.1) is 24.1 Å². The monoisotopic (exact) mass is 442 g/mol. The zero-order valence-electron chi connectivity index (χ0n) is 16.8. The Morgan fingerprint density at radius 1 is 1.09 bits per heavy atom. The van der Waals surface area contributed by atoms with Crippen molar-refractivity contribution in [3.63, 3.8) is 0 Å². The average molecular weight is 442 g/mol. The number of hydrogen-bond acceptors (Lipinski definition) is 8. The number of carbonyl (C=O) groups is 2. The molecule has 6 atom stereocenters. The number of hydrogen-bond donors (Lipinski definition) is 6. The number of aliphatic hydroxyl groups is 3. The van der Waals surface area contributed by atoms with Gasteiger partial charge in [-0.3, -0.25) is 9.59 Å². The van der Waals surface area contributed by atoms with Crippen LogP contribution >= 0.6 is 0 Å². The molecule has 1 saturated carbocycles. The Morgan fingerprint density at radius 3 is 2.59 bits per heavy atom. The SMILES string of the molecule is O=C(Cc1ccccc1)NC1[C@H](O)[C@@H](O)[C@@H](O)[C@@H]2NC(=O)c3c(cc4c(c3O)OCO4)[C@@H]12. The third-order valence-corrected chi connectivity index (χ3v) is 6.30. The van der Waals surface area contributed by atoms with Crippen molar-refractivity contribution in [2.24, 2.45) is 0 Å². The molecule has 2 amide bonds. The molecule has 1 aliphatic carbocycles. The number of aromatic hydroxyl groups is 1. The van der Waals surface area contributed by atoms with E-state index in [1.165, 1.54) is 6.07 Å². The lowest BCUT2D eigenvalue weighted by molar-refractivity contribution is -0.134. The largest absolute Gasteiger partial charge is 0.504 e. The van der Waals surface area contributed by atoms with Crippen LogP contribution in [-0.4, -0.2) is 69.4 Å². The highest BCUT2D eigenvalue weighted by Gasteiger charge is 2.54. The van der Waals surface area contributed by atoms with E-state index in [0.717, 1.165) is 5.56 Å². The molecule has 0 radical (unpaired) electrons. The highest BCUT2D eigenvalue weighted by atomic mass is 16.7. The maximum atomic E-state index is 12.8. The number of ether oxygens (including phenoxy) is 2. The van der Waals surface area contributed by atoms with Crippen molar-refractivity contribution in [1.82, 2.24) is 10.6 Å². The van der Waals surface area contributed by atoms with Gasteiger partial charge in [0.25, 0.3) is 5.91 Å². The fourth-order valence-electron chi connectivity index (χ4n) is 4.80. The first-order valence-electron chi connectivity index (χ1n) is 10.2. The summed E-state index contributed by atoms with van der Waals surface area (Å²) >= 11 is 0. The fourth-order valence-corrected chi connectivity index (χ4v) is 4.80. The minimum absolute atomic E-state index is 0.0268. The maximum absolute atomic E-state index is 12.8. The maximum Gasteiger partial charge on any atom is 0.255 e. The number of nitrogens with one attached hydrogen (secondary N) is 2. The van der Waals surface area contributed by atoms with Crippen molar-refractivity contribution in [3.8, 4) is 17.2 Å². The number of rotatable bonds is 3. The molecule has 32 heavy (non-hydrogen) atoms. The highest BCUT2D eigenvalue weighted by Crippen LogP contribution is 2.50. The van der Waals surface area contributed by atoms with Gasteiger partial charge in [-0.25, -0.2) is 0 Å². The average Bonchev–Trinajstić information content (AvgIpc) is 3.25. The van der Waals surface area contributed by atoms with Gasteiger partial charge in [-0.15, -0.1) is 0 Å². The van der Waals surface area contributed by atoms with Crippen molar-refractivity contribution in [2.45, 2.75) is 42.7 Å². The fraction of sp³-hybridized carbons (Fsp3) is 0.364. The van der Waals surface area contributed by atoms with Crippen molar-refractivity contribution < 1.29 is 39.5 Å². The minimum atomic E-state index is -1.61. The van der Waals surface area contributed by atoms with E-state index in [-0.39, 0.29) is 35.8 Å². The molecule has 10 nitrogen and oxygen atoms in total. The molecule has 1 fully saturated rings. The molecule has 0 saturated heterocycles. The molecule has 1 unspecified atom stereocenters. The lowest BCUT2D eigenvalue weighted by Gasteiger charge is -2.49. The van der Waals surface area contributed by atoms with Crippen LogP contribution in [0, 0.1) is 0 Å². The van der Waals surface area contributed by atoms with E-state index < -0.39 is 53.9 Å². The van der Waals surface area contributed by atoms with E-state index in [0.29, 0.717) is 0 Å². The number of phenols is 1. The zero-order chi connectivity index (χ0) is 22.6. The van der Waals surface area contributed by atoms with Crippen molar-refractivity contribution in [3.05, 3.63) is 53.1 Å². The summed E-state index contributed by atoms with van der Waals surface area (Å²) < 4.78 is 10.6. The zero-order valence-corrected chi connectivity index (χ0v) is 16.8. The number of phenolic OH excluding ortho intramolecular Hbond substituents is 1. The Labute approximate surface area is 182 Å². The Balaban J connectivity index is 1.54. The molecule has 2 heterocycles. The first kappa shape index (κ1) is 20.6. The van der Waals surface area contributed by atoms with Crippen LogP contribution in [0.1, 0.15) is 27.4 Å². The molecule has 0 aromatic heterocycles. The summed E-state index contributed by atoms with van der Waals surface area (Å²) in [5, 5.41) is 47.7. The molecular formula is C22H22N2O8. The molecule has 2 aromatic rings. The third-order valence-electron chi connectivity index (χ3n) is 6.30. The number of fused-ring (bicyclic) bond motifs is 4. The quantitative estimate of drug-likeness (QED) is 0.358. The molecule has 6 N–H and O–H groups in total. The van der Waals surface area contributed by atoms with E-state index in [2.05, 4.69) is 10.6 Å². The summed E-state index contributed by atoms with van der Waals surface area (Å²) in [6.07, 6.45) is -4.60. The van der Waals surface area contributed by atoms with E-state index in [1.54, 1.807) is 24.3 Å². The molecule has 5 rings (SSSR count). The minimum Gasteiger partial charge on any atom is -0.504 e. The van der Waals surface area contributed by atoms with Gasteiger partial charge < -0.3 is 40.5 Å². The molecule has 3 aliphatic rings. The summed E-state index contributed by atoms with van der Waals surface area (Å²) in [6, 6.07) is 8.41.